The number of nitro benzene ring substituents is 1. The molecule has 2 N–H and O–H groups in total. The Kier molecular flexibility index (Phi) is 6.76. The molecular weight excluding hydrogens is 319 g/mol. The van der Waals surface area contributed by atoms with Crippen LogP contribution in [0, 0.1) is 10.1 Å². The van der Waals surface area contributed by atoms with Crippen molar-refractivity contribution in [1.82, 2.24) is 5.32 Å². The fourth-order valence-electron chi connectivity index (χ4n) is 1.60. The molecule has 0 bridgehead atoms. The number of nitro groups is 1. The maximum atomic E-state index is 12.0. The number of carbonyl (C=O) groups is 1. The van der Waals surface area contributed by atoms with Crippen molar-refractivity contribution >= 4 is 17.3 Å². The van der Waals surface area contributed by atoms with Crippen molar-refractivity contribution < 1.29 is 27.6 Å². The van der Waals surface area contributed by atoms with E-state index in [0.29, 0.717) is 0 Å². The van der Waals surface area contributed by atoms with Gasteiger partial charge in [-0.05, 0) is 13.0 Å². The number of alkyl halides is 3. The number of nitrogens with zero attached hydrogens (tertiary/aromatic N) is 1. The molecule has 0 radical (unpaired) electrons. The van der Waals surface area contributed by atoms with Gasteiger partial charge in [-0.2, -0.15) is 13.2 Å². The first-order chi connectivity index (χ1) is 10.7. The molecule has 0 aliphatic heterocycles. The lowest BCUT2D eigenvalue weighted by Gasteiger charge is -2.15. The summed E-state index contributed by atoms with van der Waals surface area (Å²) in [6, 6.07) is 5.97. The molecule has 0 saturated heterocycles. The largest absolute Gasteiger partial charge is 0.411 e. The first-order valence-corrected chi connectivity index (χ1v) is 6.64. The number of hydrogen-bond acceptors (Lipinski definition) is 5. The third kappa shape index (κ3) is 6.96. The first-order valence-electron chi connectivity index (χ1n) is 6.64. The SMILES string of the molecule is C[C@@H](OCC(F)(F)F)C(=O)NCCNc1ccccc1[N+](=O)[O-]. The van der Waals surface area contributed by atoms with Crippen LogP contribution in [0.1, 0.15) is 6.92 Å². The second-order valence-electron chi connectivity index (χ2n) is 4.56. The van der Waals surface area contributed by atoms with Crippen LogP contribution in [0.2, 0.25) is 0 Å². The van der Waals surface area contributed by atoms with Crippen LogP contribution in [0.5, 0.6) is 0 Å². The molecule has 23 heavy (non-hydrogen) atoms. The van der Waals surface area contributed by atoms with E-state index >= 15 is 0 Å². The van der Waals surface area contributed by atoms with Crippen LogP contribution in [0.3, 0.4) is 0 Å². The van der Waals surface area contributed by atoms with E-state index in [1.807, 2.05) is 0 Å². The van der Waals surface area contributed by atoms with Gasteiger partial charge in [-0.25, -0.2) is 0 Å². The van der Waals surface area contributed by atoms with Gasteiger partial charge in [-0.3, -0.25) is 14.9 Å². The standard InChI is InChI=1S/C13H16F3N3O4/c1-9(23-8-13(14,15)16)12(20)18-7-6-17-10-4-2-3-5-11(10)19(21)22/h2-5,9,17H,6-8H2,1H3,(H,18,20)/t9-/m1/s1. The van der Waals surface area contributed by atoms with Gasteiger partial charge in [0.2, 0.25) is 5.91 Å². The quantitative estimate of drug-likeness (QED) is 0.431. The molecule has 0 aromatic heterocycles. The van der Waals surface area contributed by atoms with Gasteiger partial charge in [0.1, 0.15) is 18.4 Å². The van der Waals surface area contributed by atoms with Crippen LogP contribution in [0.25, 0.3) is 0 Å². The van der Waals surface area contributed by atoms with Crippen molar-refractivity contribution in [2.24, 2.45) is 0 Å². The van der Waals surface area contributed by atoms with Gasteiger partial charge >= 0.3 is 6.18 Å². The monoisotopic (exact) mass is 335 g/mol. The predicted octanol–water partition coefficient (Wildman–Crippen LogP) is 2.09. The molecule has 0 fully saturated rings. The molecule has 1 atom stereocenters. The zero-order valence-electron chi connectivity index (χ0n) is 12.2. The summed E-state index contributed by atoms with van der Waals surface area (Å²) in [6.45, 7) is -0.0558. The number of amides is 1. The number of ether oxygens (including phenoxy) is 1. The molecule has 0 unspecified atom stereocenters. The topological polar surface area (TPSA) is 93.5 Å². The van der Waals surface area contributed by atoms with Crippen LogP contribution < -0.4 is 10.6 Å². The number of nitrogens with one attached hydrogen (secondary N) is 2. The summed E-state index contributed by atoms with van der Waals surface area (Å²) in [5.41, 5.74) is 0.175. The van der Waals surface area contributed by atoms with Gasteiger partial charge in [0.05, 0.1) is 4.92 Å². The van der Waals surface area contributed by atoms with Crippen LogP contribution in [-0.4, -0.2) is 42.8 Å². The third-order valence-corrected chi connectivity index (χ3v) is 2.71. The lowest BCUT2D eigenvalue weighted by atomic mass is 10.2. The van der Waals surface area contributed by atoms with E-state index in [-0.39, 0.29) is 24.5 Å². The number of benzene rings is 1. The van der Waals surface area contributed by atoms with E-state index < -0.39 is 29.7 Å². The van der Waals surface area contributed by atoms with Gasteiger partial charge in [-0.1, -0.05) is 12.1 Å². The van der Waals surface area contributed by atoms with Crippen molar-refractivity contribution in [3.05, 3.63) is 34.4 Å². The van der Waals surface area contributed by atoms with Crippen molar-refractivity contribution in [2.45, 2.75) is 19.2 Å². The first kappa shape index (κ1) is 18.7. The summed E-state index contributed by atoms with van der Waals surface area (Å²) in [5, 5.41) is 15.9. The second-order valence-corrected chi connectivity index (χ2v) is 4.56. The Morgan fingerprint density at radius 1 is 1.35 bits per heavy atom. The molecule has 10 heteroatoms. The lowest BCUT2D eigenvalue weighted by molar-refractivity contribution is -0.384. The molecule has 1 rings (SSSR count). The fraction of sp³-hybridized carbons (Fsp3) is 0.462. The molecule has 0 aliphatic rings. The predicted molar refractivity (Wildman–Crippen MR) is 76.1 cm³/mol. The molecule has 0 spiro atoms. The summed E-state index contributed by atoms with van der Waals surface area (Å²) < 4.78 is 40.3. The van der Waals surface area contributed by atoms with Gasteiger partial charge in [0, 0.05) is 19.2 Å². The molecule has 1 aromatic carbocycles. The molecule has 0 saturated carbocycles. The summed E-state index contributed by atoms with van der Waals surface area (Å²) in [5.74, 6) is -0.696. The van der Waals surface area contributed by atoms with Gasteiger partial charge < -0.3 is 15.4 Å². The number of para-hydroxylation sites is 2. The Bertz CT molecular complexity index is 552. The molecule has 0 heterocycles. The average molecular weight is 335 g/mol. The van der Waals surface area contributed by atoms with E-state index in [4.69, 9.17) is 0 Å². The van der Waals surface area contributed by atoms with Gasteiger partial charge in [0.15, 0.2) is 0 Å². The normalized spacial score (nSPS) is 12.5. The Morgan fingerprint density at radius 2 is 2.00 bits per heavy atom. The molecule has 128 valence electrons. The lowest BCUT2D eigenvalue weighted by Crippen LogP contribution is -2.38. The average Bonchev–Trinajstić information content (AvgIpc) is 2.48. The number of carbonyl (C=O) groups excluding carboxylic acids is 1. The molecule has 1 amide bonds. The number of halogens is 3. The van der Waals surface area contributed by atoms with E-state index in [9.17, 15) is 28.1 Å². The molecule has 1 aromatic rings. The fourth-order valence-corrected chi connectivity index (χ4v) is 1.60. The highest BCUT2D eigenvalue weighted by Crippen LogP contribution is 2.22. The minimum atomic E-state index is -4.50. The maximum Gasteiger partial charge on any atom is 0.411 e. The van der Waals surface area contributed by atoms with Crippen LogP contribution in [0.4, 0.5) is 24.5 Å². The second kappa shape index (κ2) is 8.32. The van der Waals surface area contributed by atoms with Crippen LogP contribution in [0.15, 0.2) is 24.3 Å². The summed E-state index contributed by atoms with van der Waals surface area (Å²) >= 11 is 0. The van der Waals surface area contributed by atoms with Crippen LogP contribution >= 0.6 is 0 Å². The number of rotatable bonds is 8. The van der Waals surface area contributed by atoms with Crippen LogP contribution in [-0.2, 0) is 9.53 Å². The van der Waals surface area contributed by atoms with E-state index in [2.05, 4.69) is 15.4 Å². The van der Waals surface area contributed by atoms with E-state index in [1.54, 1.807) is 6.07 Å². The summed E-state index contributed by atoms with van der Waals surface area (Å²) in [7, 11) is 0. The smallest absolute Gasteiger partial charge is 0.378 e. The van der Waals surface area contributed by atoms with Gasteiger partial charge in [0.25, 0.3) is 5.69 Å². The van der Waals surface area contributed by atoms with Crippen molar-refractivity contribution in [3.63, 3.8) is 0 Å². The minimum absolute atomic E-state index is 0.0740. The Balaban J connectivity index is 2.35. The zero-order chi connectivity index (χ0) is 17.5. The van der Waals surface area contributed by atoms with E-state index in [0.717, 1.165) is 0 Å². The minimum Gasteiger partial charge on any atom is -0.378 e. The molecule has 7 nitrogen and oxygen atoms in total. The summed E-state index contributed by atoms with van der Waals surface area (Å²) in [4.78, 5) is 21.8. The highest BCUT2D eigenvalue weighted by atomic mass is 19.4. The van der Waals surface area contributed by atoms with E-state index in [1.165, 1.54) is 25.1 Å². The Hall–Kier alpha value is -2.36. The molecule has 0 aliphatic carbocycles. The van der Waals surface area contributed by atoms with Crippen molar-refractivity contribution in [1.29, 1.82) is 0 Å². The molecular formula is C13H16F3N3O4. The number of hydrogen-bond donors (Lipinski definition) is 2. The summed E-state index contributed by atoms with van der Waals surface area (Å²) in [6.07, 6.45) is -5.75. The highest BCUT2D eigenvalue weighted by molar-refractivity contribution is 5.80. The third-order valence-electron chi connectivity index (χ3n) is 2.71. The van der Waals surface area contributed by atoms with Crippen molar-refractivity contribution in [3.8, 4) is 0 Å². The maximum absolute atomic E-state index is 12.0. The Labute approximate surface area is 130 Å². The van der Waals surface area contributed by atoms with Crippen molar-refractivity contribution in [2.75, 3.05) is 25.0 Å². The van der Waals surface area contributed by atoms with Gasteiger partial charge in [-0.15, -0.1) is 0 Å². The highest BCUT2D eigenvalue weighted by Gasteiger charge is 2.29. The number of anilines is 1. The zero-order valence-corrected chi connectivity index (χ0v) is 12.2. The Morgan fingerprint density at radius 3 is 2.61 bits per heavy atom.